The molecule has 3 aliphatic carbocycles. The molecule has 0 saturated heterocycles. The van der Waals surface area contributed by atoms with Gasteiger partial charge < -0.3 is 15.2 Å². The third kappa shape index (κ3) is 2.42. The smallest absolute Gasteiger partial charge is 0.407 e. The molecule has 1 amide bonds. The molecule has 3 fully saturated rings. The topological polar surface area (TPSA) is 75.6 Å². The molecule has 3 aliphatic rings. The molecule has 4 atom stereocenters. The highest BCUT2D eigenvalue weighted by molar-refractivity contribution is 5.75. The van der Waals surface area contributed by atoms with Crippen LogP contribution in [0.2, 0.25) is 0 Å². The second-order valence-corrected chi connectivity index (χ2v) is 6.18. The minimum Gasteiger partial charge on any atom is -0.481 e. The van der Waals surface area contributed by atoms with E-state index in [1.807, 2.05) is 0 Å². The third-order valence-corrected chi connectivity index (χ3v) is 5.06. The molecule has 0 aromatic carbocycles. The van der Waals surface area contributed by atoms with E-state index >= 15 is 0 Å². The number of carbonyl (C=O) groups is 2. The number of nitrogens with one attached hydrogen (secondary N) is 1. The number of fused-ring (bicyclic) bond motifs is 2. The molecule has 0 heterocycles. The Morgan fingerprint density at radius 1 is 1.05 bits per heavy atom. The molecule has 106 valence electrons. The Labute approximate surface area is 112 Å². The molecule has 5 nitrogen and oxygen atoms in total. The maximum Gasteiger partial charge on any atom is 0.407 e. The highest BCUT2D eigenvalue weighted by Gasteiger charge is 2.51. The predicted molar refractivity (Wildman–Crippen MR) is 67.6 cm³/mol. The zero-order chi connectivity index (χ0) is 13.4. The van der Waals surface area contributed by atoms with Gasteiger partial charge in [0.1, 0.15) is 6.10 Å². The molecule has 0 aromatic heterocycles. The van der Waals surface area contributed by atoms with Crippen molar-refractivity contribution in [2.75, 3.05) is 0 Å². The molecule has 5 heteroatoms. The molecule has 0 spiro atoms. The van der Waals surface area contributed by atoms with E-state index in [1.54, 1.807) is 0 Å². The van der Waals surface area contributed by atoms with Gasteiger partial charge in [-0.15, -0.1) is 0 Å². The van der Waals surface area contributed by atoms with Crippen molar-refractivity contribution in [3.63, 3.8) is 0 Å². The monoisotopic (exact) mass is 267 g/mol. The number of ether oxygens (including phenoxy) is 1. The van der Waals surface area contributed by atoms with E-state index in [9.17, 15) is 14.7 Å². The average Bonchev–Trinajstić information content (AvgIpc) is 3.03. The number of carboxylic acid groups (broad SMARTS) is 1. The van der Waals surface area contributed by atoms with Crippen molar-refractivity contribution in [1.82, 2.24) is 5.32 Å². The van der Waals surface area contributed by atoms with Crippen molar-refractivity contribution >= 4 is 12.1 Å². The molecular formula is C14H21NO4. The predicted octanol–water partition coefficient (Wildman–Crippen LogP) is 2.15. The number of aliphatic carboxylic acids is 1. The van der Waals surface area contributed by atoms with E-state index < -0.39 is 18.0 Å². The van der Waals surface area contributed by atoms with Crippen molar-refractivity contribution in [2.45, 2.75) is 57.1 Å². The summed E-state index contributed by atoms with van der Waals surface area (Å²) in [6.45, 7) is 0. The van der Waals surface area contributed by atoms with E-state index in [2.05, 4.69) is 5.32 Å². The van der Waals surface area contributed by atoms with Gasteiger partial charge in [-0.05, 0) is 56.8 Å². The van der Waals surface area contributed by atoms with Crippen LogP contribution in [0.15, 0.2) is 0 Å². The van der Waals surface area contributed by atoms with Crippen molar-refractivity contribution in [3.8, 4) is 0 Å². The summed E-state index contributed by atoms with van der Waals surface area (Å²) in [4.78, 5) is 23.2. The molecule has 0 aromatic rings. The van der Waals surface area contributed by atoms with Gasteiger partial charge in [0.05, 0.1) is 5.92 Å². The van der Waals surface area contributed by atoms with Crippen LogP contribution >= 0.6 is 0 Å². The maximum atomic E-state index is 11.9. The van der Waals surface area contributed by atoms with Gasteiger partial charge >= 0.3 is 12.1 Å². The van der Waals surface area contributed by atoms with E-state index in [1.165, 1.54) is 0 Å². The van der Waals surface area contributed by atoms with Crippen LogP contribution < -0.4 is 5.32 Å². The van der Waals surface area contributed by atoms with Crippen LogP contribution in [0.25, 0.3) is 0 Å². The van der Waals surface area contributed by atoms with Crippen molar-refractivity contribution in [1.29, 1.82) is 0 Å². The lowest BCUT2D eigenvalue weighted by Gasteiger charge is -2.28. The first-order chi connectivity index (χ1) is 9.15. The molecule has 0 aliphatic heterocycles. The molecule has 3 saturated carbocycles. The van der Waals surface area contributed by atoms with Crippen LogP contribution in [0.1, 0.15) is 44.9 Å². The highest BCUT2D eigenvalue weighted by Crippen LogP contribution is 2.48. The number of hydrogen-bond acceptors (Lipinski definition) is 3. The Morgan fingerprint density at radius 2 is 1.74 bits per heavy atom. The molecule has 3 rings (SSSR count). The quantitative estimate of drug-likeness (QED) is 0.821. The Balaban J connectivity index is 1.58. The van der Waals surface area contributed by atoms with Gasteiger partial charge in [0.15, 0.2) is 0 Å². The Bertz CT molecular complexity index is 378. The normalized spacial score (nSPS) is 37.5. The van der Waals surface area contributed by atoms with Gasteiger partial charge in [-0.25, -0.2) is 4.79 Å². The standard InChI is InChI=1S/C14H21NO4/c16-13(17)11-8-5-6-9(7-8)12(11)15-14(18)19-10-3-1-2-4-10/h8-12H,1-7H2,(H,15,18)(H,16,17). The second kappa shape index (κ2) is 5.02. The summed E-state index contributed by atoms with van der Waals surface area (Å²) >= 11 is 0. The number of carbonyl (C=O) groups excluding carboxylic acids is 1. The van der Waals surface area contributed by atoms with Crippen molar-refractivity contribution in [3.05, 3.63) is 0 Å². The fourth-order valence-electron chi connectivity index (χ4n) is 4.18. The molecule has 19 heavy (non-hydrogen) atoms. The molecule has 2 bridgehead atoms. The van der Waals surface area contributed by atoms with Gasteiger partial charge in [-0.1, -0.05) is 0 Å². The minimum absolute atomic E-state index is 0.0295. The zero-order valence-electron chi connectivity index (χ0n) is 11.0. The summed E-state index contributed by atoms with van der Waals surface area (Å²) in [5.74, 6) is -0.644. The summed E-state index contributed by atoms with van der Waals surface area (Å²) in [5, 5.41) is 12.1. The third-order valence-electron chi connectivity index (χ3n) is 5.06. The highest BCUT2D eigenvalue weighted by atomic mass is 16.6. The number of rotatable bonds is 3. The summed E-state index contributed by atoms with van der Waals surface area (Å²) in [7, 11) is 0. The molecule has 4 unspecified atom stereocenters. The summed E-state index contributed by atoms with van der Waals surface area (Å²) in [5.41, 5.74) is 0. The lowest BCUT2D eigenvalue weighted by Crippen LogP contribution is -2.47. The molecular weight excluding hydrogens is 246 g/mol. The van der Waals surface area contributed by atoms with E-state index in [4.69, 9.17) is 4.74 Å². The lowest BCUT2D eigenvalue weighted by molar-refractivity contribution is -0.144. The summed E-state index contributed by atoms with van der Waals surface area (Å²) in [6.07, 6.45) is 6.66. The molecule has 2 N–H and O–H groups in total. The van der Waals surface area contributed by atoms with Crippen LogP contribution in [0.5, 0.6) is 0 Å². The SMILES string of the molecule is O=C(NC1C2CCC(C2)C1C(=O)O)OC1CCCC1. The number of amides is 1. The average molecular weight is 267 g/mol. The van der Waals surface area contributed by atoms with Crippen LogP contribution in [-0.2, 0) is 9.53 Å². The van der Waals surface area contributed by atoms with Gasteiger partial charge in [0.25, 0.3) is 0 Å². The van der Waals surface area contributed by atoms with Gasteiger partial charge in [-0.3, -0.25) is 4.79 Å². The lowest BCUT2D eigenvalue weighted by atomic mass is 9.84. The van der Waals surface area contributed by atoms with Crippen LogP contribution in [0.3, 0.4) is 0 Å². The zero-order valence-corrected chi connectivity index (χ0v) is 11.0. The van der Waals surface area contributed by atoms with Crippen molar-refractivity contribution < 1.29 is 19.4 Å². The van der Waals surface area contributed by atoms with Crippen molar-refractivity contribution in [2.24, 2.45) is 17.8 Å². The second-order valence-electron chi connectivity index (χ2n) is 6.18. The van der Waals surface area contributed by atoms with E-state index in [0.717, 1.165) is 44.9 Å². The first-order valence-electron chi connectivity index (χ1n) is 7.35. The molecule has 0 radical (unpaired) electrons. The van der Waals surface area contributed by atoms with Gasteiger partial charge in [-0.2, -0.15) is 0 Å². The number of hydrogen-bond donors (Lipinski definition) is 2. The fourth-order valence-corrected chi connectivity index (χ4v) is 4.18. The number of carboxylic acids is 1. The largest absolute Gasteiger partial charge is 0.481 e. The minimum atomic E-state index is -0.779. The Kier molecular flexibility index (Phi) is 3.37. The first kappa shape index (κ1) is 12.8. The summed E-state index contributed by atoms with van der Waals surface area (Å²) in [6, 6.07) is -0.231. The van der Waals surface area contributed by atoms with Crippen LogP contribution in [0.4, 0.5) is 4.79 Å². The first-order valence-corrected chi connectivity index (χ1v) is 7.35. The van der Waals surface area contributed by atoms with E-state index in [-0.39, 0.29) is 18.1 Å². The summed E-state index contributed by atoms with van der Waals surface area (Å²) < 4.78 is 5.37. The Morgan fingerprint density at radius 3 is 2.42 bits per heavy atom. The van der Waals surface area contributed by atoms with Gasteiger partial charge in [0.2, 0.25) is 0 Å². The van der Waals surface area contributed by atoms with E-state index in [0.29, 0.717) is 5.92 Å². The van der Waals surface area contributed by atoms with Gasteiger partial charge in [0, 0.05) is 6.04 Å². The number of alkyl carbamates (subject to hydrolysis) is 1. The van der Waals surface area contributed by atoms with Crippen LogP contribution in [0, 0.1) is 17.8 Å². The fraction of sp³-hybridized carbons (Fsp3) is 0.857. The maximum absolute atomic E-state index is 11.9. The van der Waals surface area contributed by atoms with Crippen LogP contribution in [-0.4, -0.2) is 29.3 Å². The Hall–Kier alpha value is -1.26.